The number of carbonyl (C=O) groups excluding carboxylic acids is 1. The lowest BCUT2D eigenvalue weighted by atomic mass is 10.0. The molecule has 0 aromatic rings. The minimum atomic E-state index is -0.915. The summed E-state index contributed by atoms with van der Waals surface area (Å²) in [5.74, 6) is -0.898. The molecule has 0 aromatic carbocycles. The molecule has 102 valence electrons. The van der Waals surface area contributed by atoms with Gasteiger partial charge in [-0.2, -0.15) is 0 Å². The van der Waals surface area contributed by atoms with Crippen LogP contribution in [-0.4, -0.2) is 53.8 Å². The Balaban J connectivity index is 1.93. The lowest BCUT2D eigenvalue weighted by Gasteiger charge is -2.28. The number of carbonyl (C=O) groups is 2. The summed E-state index contributed by atoms with van der Waals surface area (Å²) in [4.78, 5) is 24.7. The van der Waals surface area contributed by atoms with Crippen LogP contribution in [0.3, 0.4) is 0 Å². The minimum absolute atomic E-state index is 0.0166. The van der Waals surface area contributed by atoms with E-state index < -0.39 is 12.0 Å². The largest absolute Gasteiger partial charge is 0.480 e. The highest BCUT2D eigenvalue weighted by atomic mass is 16.5. The Morgan fingerprint density at radius 3 is 2.56 bits per heavy atom. The van der Waals surface area contributed by atoms with E-state index in [1.54, 1.807) is 0 Å². The Bertz CT molecular complexity index is 328. The second-order valence-electron chi connectivity index (χ2n) is 5.08. The number of likely N-dealkylation sites (tertiary alicyclic amines) is 1. The number of aliphatic carboxylic acids is 1. The molecule has 0 spiro atoms. The zero-order valence-corrected chi connectivity index (χ0v) is 10.6. The predicted molar refractivity (Wildman–Crippen MR) is 64.3 cm³/mol. The van der Waals surface area contributed by atoms with Crippen LogP contribution >= 0.6 is 0 Å². The van der Waals surface area contributed by atoms with Gasteiger partial charge in [0.1, 0.15) is 6.04 Å². The van der Waals surface area contributed by atoms with E-state index in [1.165, 1.54) is 4.90 Å². The first-order valence-corrected chi connectivity index (χ1v) is 6.47. The van der Waals surface area contributed by atoms with Crippen LogP contribution in [0.2, 0.25) is 0 Å². The molecule has 0 aromatic heterocycles. The second-order valence-corrected chi connectivity index (χ2v) is 5.08. The van der Waals surface area contributed by atoms with Crippen molar-refractivity contribution in [3.05, 3.63) is 0 Å². The fourth-order valence-corrected chi connectivity index (χ4v) is 2.65. The number of hydrogen-bond acceptors (Lipinski definition) is 3. The van der Waals surface area contributed by atoms with E-state index >= 15 is 0 Å². The molecule has 2 amide bonds. The molecule has 0 radical (unpaired) electrons. The average Bonchev–Trinajstić information content (AvgIpc) is 2.72. The van der Waals surface area contributed by atoms with Crippen molar-refractivity contribution in [2.75, 3.05) is 19.8 Å². The number of hydrogen-bond donors (Lipinski definition) is 2. The first-order valence-electron chi connectivity index (χ1n) is 6.47. The summed E-state index contributed by atoms with van der Waals surface area (Å²) in [5, 5.41) is 12.1. The Morgan fingerprint density at radius 1 is 1.28 bits per heavy atom. The standard InChI is InChI=1S/C12H20N2O4/c1-8-2-5-14(10(8)11(15)16)12(17)13-9-3-6-18-7-4-9/h8-10H,2-7H2,1H3,(H,13,17)(H,15,16). The number of carboxylic acid groups (broad SMARTS) is 1. The molecule has 2 unspecified atom stereocenters. The third-order valence-electron chi connectivity index (χ3n) is 3.76. The number of amides is 2. The van der Waals surface area contributed by atoms with Crippen LogP contribution in [0.5, 0.6) is 0 Å². The van der Waals surface area contributed by atoms with E-state index in [9.17, 15) is 9.59 Å². The van der Waals surface area contributed by atoms with E-state index in [-0.39, 0.29) is 18.0 Å². The van der Waals surface area contributed by atoms with Crippen molar-refractivity contribution in [3.63, 3.8) is 0 Å². The van der Waals surface area contributed by atoms with Gasteiger partial charge in [0.05, 0.1) is 0 Å². The number of urea groups is 1. The number of nitrogens with one attached hydrogen (secondary N) is 1. The molecule has 0 bridgehead atoms. The molecule has 18 heavy (non-hydrogen) atoms. The molecule has 2 rings (SSSR count). The van der Waals surface area contributed by atoms with Crippen LogP contribution in [0.15, 0.2) is 0 Å². The van der Waals surface area contributed by atoms with Crippen LogP contribution in [0.25, 0.3) is 0 Å². The Hall–Kier alpha value is -1.30. The molecule has 2 N–H and O–H groups in total. The van der Waals surface area contributed by atoms with Gasteiger partial charge in [-0.25, -0.2) is 9.59 Å². The third-order valence-corrected chi connectivity index (χ3v) is 3.76. The van der Waals surface area contributed by atoms with Crippen LogP contribution in [0, 0.1) is 5.92 Å². The van der Waals surface area contributed by atoms with Crippen LogP contribution < -0.4 is 5.32 Å². The van der Waals surface area contributed by atoms with Crippen molar-refractivity contribution in [2.45, 2.75) is 38.3 Å². The zero-order chi connectivity index (χ0) is 13.1. The molecule has 2 aliphatic rings. The summed E-state index contributed by atoms with van der Waals surface area (Å²) < 4.78 is 5.22. The number of rotatable bonds is 2. The van der Waals surface area contributed by atoms with Gasteiger partial charge in [0, 0.05) is 25.8 Å². The maximum Gasteiger partial charge on any atom is 0.326 e. The summed E-state index contributed by atoms with van der Waals surface area (Å²) in [6.07, 6.45) is 2.35. The molecule has 2 atom stereocenters. The Labute approximate surface area is 106 Å². The monoisotopic (exact) mass is 256 g/mol. The summed E-state index contributed by atoms with van der Waals surface area (Å²) in [6, 6.07) is -0.833. The summed E-state index contributed by atoms with van der Waals surface area (Å²) in [6.45, 7) is 3.71. The van der Waals surface area contributed by atoms with Crippen molar-refractivity contribution < 1.29 is 19.4 Å². The third kappa shape index (κ3) is 2.75. The van der Waals surface area contributed by atoms with Crippen molar-refractivity contribution in [1.82, 2.24) is 10.2 Å². The van der Waals surface area contributed by atoms with Gasteiger partial charge in [-0.15, -0.1) is 0 Å². The fraction of sp³-hybridized carbons (Fsp3) is 0.833. The van der Waals surface area contributed by atoms with Crippen LogP contribution in [-0.2, 0) is 9.53 Å². The van der Waals surface area contributed by atoms with Gasteiger partial charge in [-0.1, -0.05) is 6.92 Å². The van der Waals surface area contributed by atoms with Gasteiger partial charge in [-0.3, -0.25) is 0 Å². The molecular formula is C12H20N2O4. The van der Waals surface area contributed by atoms with Crippen molar-refractivity contribution >= 4 is 12.0 Å². The van der Waals surface area contributed by atoms with Gasteiger partial charge < -0.3 is 20.1 Å². The van der Waals surface area contributed by atoms with E-state index in [2.05, 4.69) is 5.32 Å². The molecule has 6 nitrogen and oxygen atoms in total. The maximum absolute atomic E-state index is 12.1. The van der Waals surface area contributed by atoms with E-state index in [0.717, 1.165) is 19.3 Å². The van der Waals surface area contributed by atoms with Gasteiger partial charge in [0.15, 0.2) is 0 Å². The molecule has 0 aliphatic carbocycles. The average molecular weight is 256 g/mol. The second kappa shape index (κ2) is 5.56. The van der Waals surface area contributed by atoms with Crippen molar-refractivity contribution in [1.29, 1.82) is 0 Å². The Morgan fingerprint density at radius 2 is 1.94 bits per heavy atom. The molecular weight excluding hydrogens is 236 g/mol. The van der Waals surface area contributed by atoms with E-state index in [1.807, 2.05) is 6.92 Å². The minimum Gasteiger partial charge on any atom is -0.480 e. The van der Waals surface area contributed by atoms with E-state index in [0.29, 0.717) is 19.8 Å². The normalized spacial score (nSPS) is 29.3. The smallest absolute Gasteiger partial charge is 0.326 e. The predicted octanol–water partition coefficient (Wildman–Crippen LogP) is 0.670. The van der Waals surface area contributed by atoms with Gasteiger partial charge in [0.2, 0.25) is 0 Å². The Kier molecular flexibility index (Phi) is 4.06. The molecule has 6 heteroatoms. The van der Waals surface area contributed by atoms with Crippen LogP contribution in [0.1, 0.15) is 26.2 Å². The molecule has 2 heterocycles. The fourth-order valence-electron chi connectivity index (χ4n) is 2.65. The van der Waals surface area contributed by atoms with E-state index in [4.69, 9.17) is 9.84 Å². The highest BCUT2D eigenvalue weighted by Gasteiger charge is 2.39. The van der Waals surface area contributed by atoms with Crippen molar-refractivity contribution in [2.24, 2.45) is 5.92 Å². The highest BCUT2D eigenvalue weighted by molar-refractivity contribution is 5.83. The maximum atomic E-state index is 12.1. The topological polar surface area (TPSA) is 78.9 Å². The lowest BCUT2D eigenvalue weighted by Crippen LogP contribution is -2.51. The highest BCUT2D eigenvalue weighted by Crippen LogP contribution is 2.24. The molecule has 0 saturated carbocycles. The van der Waals surface area contributed by atoms with Gasteiger partial charge in [0.25, 0.3) is 0 Å². The number of carboxylic acids is 1. The van der Waals surface area contributed by atoms with Gasteiger partial charge >= 0.3 is 12.0 Å². The first kappa shape index (κ1) is 13.1. The number of ether oxygens (including phenoxy) is 1. The zero-order valence-electron chi connectivity index (χ0n) is 10.6. The molecule has 2 aliphatic heterocycles. The number of nitrogens with zero attached hydrogens (tertiary/aromatic N) is 1. The quantitative estimate of drug-likeness (QED) is 0.761. The SMILES string of the molecule is CC1CCN(C(=O)NC2CCOCC2)C1C(=O)O. The van der Waals surface area contributed by atoms with Gasteiger partial charge in [-0.05, 0) is 25.2 Å². The summed E-state index contributed by atoms with van der Waals surface area (Å²) in [5.41, 5.74) is 0. The lowest BCUT2D eigenvalue weighted by molar-refractivity contribution is -0.142. The molecule has 2 fully saturated rings. The first-order chi connectivity index (χ1) is 8.59. The summed E-state index contributed by atoms with van der Waals surface area (Å²) in [7, 11) is 0. The molecule has 2 saturated heterocycles. The van der Waals surface area contributed by atoms with Crippen LogP contribution in [0.4, 0.5) is 4.79 Å². The van der Waals surface area contributed by atoms with Crippen molar-refractivity contribution in [3.8, 4) is 0 Å². The summed E-state index contributed by atoms with van der Waals surface area (Å²) >= 11 is 0.